The summed E-state index contributed by atoms with van der Waals surface area (Å²) < 4.78 is 5.62. The molecule has 1 atom stereocenters. The number of carbonyl (C=O) groups excluding carboxylic acids is 1. The summed E-state index contributed by atoms with van der Waals surface area (Å²) in [6, 6.07) is 15.7. The fourth-order valence-electron chi connectivity index (χ4n) is 4.77. The Hall–Kier alpha value is -3.26. The molecule has 5 rings (SSSR count). The van der Waals surface area contributed by atoms with Gasteiger partial charge in [0.2, 0.25) is 5.91 Å². The third-order valence-electron chi connectivity index (χ3n) is 6.24. The molecule has 5 heteroatoms. The Balaban J connectivity index is 1.79. The van der Waals surface area contributed by atoms with Crippen LogP contribution in [0.2, 0.25) is 0 Å². The Morgan fingerprint density at radius 3 is 2.75 bits per heavy atom. The van der Waals surface area contributed by atoms with Crippen molar-refractivity contribution < 1.29 is 9.53 Å². The lowest BCUT2D eigenvalue weighted by atomic mass is 9.83. The van der Waals surface area contributed by atoms with Crippen molar-refractivity contribution in [3.05, 3.63) is 64.8 Å². The second-order valence-corrected chi connectivity index (χ2v) is 7.86. The number of benzene rings is 2. The molecule has 1 unspecified atom stereocenters. The van der Waals surface area contributed by atoms with E-state index in [1.54, 1.807) is 26.2 Å². The molecule has 0 saturated heterocycles. The van der Waals surface area contributed by atoms with Gasteiger partial charge in [-0.3, -0.25) is 4.79 Å². The molecular weight excluding hydrogens is 350 g/mol. The Labute approximate surface area is 163 Å². The summed E-state index contributed by atoms with van der Waals surface area (Å²) in [5, 5.41) is 10.5. The number of para-hydroxylation sites is 1. The monoisotopic (exact) mass is 371 g/mol. The van der Waals surface area contributed by atoms with Gasteiger partial charge in [0.05, 0.1) is 18.7 Å². The van der Waals surface area contributed by atoms with Gasteiger partial charge < -0.3 is 14.6 Å². The fourth-order valence-corrected chi connectivity index (χ4v) is 4.77. The van der Waals surface area contributed by atoms with E-state index in [1.807, 2.05) is 17.0 Å². The van der Waals surface area contributed by atoms with Gasteiger partial charge in [0.1, 0.15) is 11.8 Å². The molecule has 0 bridgehead atoms. The molecule has 5 nitrogen and oxygen atoms in total. The molecule has 28 heavy (non-hydrogen) atoms. The molecule has 1 aliphatic carbocycles. The first-order chi connectivity index (χ1) is 13.6. The molecule has 0 radical (unpaired) electrons. The van der Waals surface area contributed by atoms with Crippen LogP contribution in [0.4, 0.5) is 0 Å². The van der Waals surface area contributed by atoms with Crippen LogP contribution >= 0.6 is 0 Å². The van der Waals surface area contributed by atoms with Crippen LogP contribution in [-0.2, 0) is 10.2 Å². The molecule has 1 spiro atoms. The summed E-state index contributed by atoms with van der Waals surface area (Å²) in [5.74, 6) is 0.679. The van der Waals surface area contributed by atoms with E-state index >= 15 is 0 Å². The van der Waals surface area contributed by atoms with Crippen LogP contribution in [0.25, 0.3) is 10.9 Å². The maximum atomic E-state index is 12.7. The largest absolute Gasteiger partial charge is 0.496 e. The molecule has 1 N–H and O–H groups in total. The van der Waals surface area contributed by atoms with Crippen LogP contribution in [0, 0.1) is 11.3 Å². The van der Waals surface area contributed by atoms with E-state index in [-0.39, 0.29) is 17.4 Å². The lowest BCUT2D eigenvalue weighted by molar-refractivity contribution is -0.131. The van der Waals surface area contributed by atoms with Gasteiger partial charge >= 0.3 is 0 Å². The summed E-state index contributed by atoms with van der Waals surface area (Å²) in [5.41, 5.74) is 5.01. The minimum Gasteiger partial charge on any atom is -0.496 e. The number of ether oxygens (including phenoxy) is 1. The van der Waals surface area contributed by atoms with Crippen LogP contribution < -0.4 is 4.74 Å². The van der Waals surface area contributed by atoms with Gasteiger partial charge in [0, 0.05) is 41.0 Å². The summed E-state index contributed by atoms with van der Waals surface area (Å²) in [6.45, 7) is 2.35. The van der Waals surface area contributed by atoms with E-state index in [4.69, 9.17) is 4.74 Å². The number of carbonyl (C=O) groups is 1. The highest BCUT2D eigenvalue weighted by molar-refractivity contribution is 5.88. The topological polar surface area (TPSA) is 69.1 Å². The predicted octanol–water partition coefficient (Wildman–Crippen LogP) is 4.03. The van der Waals surface area contributed by atoms with Crippen LogP contribution in [0.3, 0.4) is 0 Å². The van der Waals surface area contributed by atoms with Crippen molar-refractivity contribution in [2.45, 2.75) is 31.2 Å². The molecule has 1 fully saturated rings. The summed E-state index contributed by atoms with van der Waals surface area (Å²) >= 11 is 0. The third kappa shape index (κ3) is 2.27. The van der Waals surface area contributed by atoms with Crippen LogP contribution in [0.5, 0.6) is 5.75 Å². The molecule has 140 valence electrons. The highest BCUT2D eigenvalue weighted by Gasteiger charge is 2.54. The molecule has 1 aromatic heterocycles. The lowest BCUT2D eigenvalue weighted by Crippen LogP contribution is -2.44. The van der Waals surface area contributed by atoms with Crippen molar-refractivity contribution in [3.8, 4) is 11.8 Å². The molecule has 1 saturated carbocycles. The fraction of sp³-hybridized carbons (Fsp3) is 0.304. The Morgan fingerprint density at radius 2 is 2.07 bits per heavy atom. The molecule has 2 aliphatic rings. The Bertz CT molecular complexity index is 1150. The highest BCUT2D eigenvalue weighted by atomic mass is 16.5. The number of H-pyrrole nitrogens is 1. The number of fused-ring (bicyclic) bond motifs is 4. The van der Waals surface area contributed by atoms with Crippen LogP contribution in [-0.4, -0.2) is 29.4 Å². The molecule has 2 heterocycles. The van der Waals surface area contributed by atoms with E-state index in [0.717, 1.165) is 29.6 Å². The number of hydrogen-bond donors (Lipinski definition) is 1. The van der Waals surface area contributed by atoms with Crippen molar-refractivity contribution in [1.82, 2.24) is 9.88 Å². The predicted molar refractivity (Wildman–Crippen MR) is 106 cm³/mol. The Morgan fingerprint density at radius 1 is 1.29 bits per heavy atom. The Kier molecular flexibility index (Phi) is 3.54. The number of aromatic amines is 1. The molecular formula is C23H21N3O2. The number of hydrogen-bond acceptors (Lipinski definition) is 3. The maximum absolute atomic E-state index is 12.7. The maximum Gasteiger partial charge on any atom is 0.220 e. The van der Waals surface area contributed by atoms with Crippen molar-refractivity contribution in [2.24, 2.45) is 0 Å². The first-order valence-corrected chi connectivity index (χ1v) is 9.54. The number of nitrogens with zero attached hydrogens (tertiary/aromatic N) is 2. The smallest absolute Gasteiger partial charge is 0.220 e. The number of amides is 1. The number of nitriles is 1. The average molecular weight is 371 g/mol. The molecule has 1 amide bonds. The van der Waals surface area contributed by atoms with E-state index in [9.17, 15) is 10.1 Å². The normalized spacial score (nSPS) is 19.3. The zero-order valence-corrected chi connectivity index (χ0v) is 16.0. The lowest BCUT2D eigenvalue weighted by Gasteiger charge is -2.40. The summed E-state index contributed by atoms with van der Waals surface area (Å²) in [6.07, 6.45) is 2.20. The van der Waals surface area contributed by atoms with Crippen LogP contribution in [0.1, 0.15) is 48.2 Å². The van der Waals surface area contributed by atoms with Gasteiger partial charge in [-0.15, -0.1) is 0 Å². The number of rotatable bonds is 2. The first-order valence-electron chi connectivity index (χ1n) is 9.54. The second-order valence-electron chi connectivity index (χ2n) is 7.86. The minimum absolute atomic E-state index is 0.0481. The van der Waals surface area contributed by atoms with Gasteiger partial charge in [0.15, 0.2) is 0 Å². The second kappa shape index (κ2) is 5.87. The molecule has 3 aromatic rings. The standard InChI is InChI=1S/C23H21N3O2/c1-14(27)26-13-23(9-10-23)20-16-5-3-4-6-18(16)25-21(20)22(26)17-8-7-15(12-24)11-19(17)28-2/h3-8,11,22,25H,9-10,13H2,1-2H3. The van der Waals surface area contributed by atoms with Crippen molar-refractivity contribution in [2.75, 3.05) is 13.7 Å². The summed E-state index contributed by atoms with van der Waals surface area (Å²) in [7, 11) is 1.61. The summed E-state index contributed by atoms with van der Waals surface area (Å²) in [4.78, 5) is 18.2. The van der Waals surface area contributed by atoms with Gasteiger partial charge in [-0.05, 0) is 36.6 Å². The van der Waals surface area contributed by atoms with E-state index in [0.29, 0.717) is 17.9 Å². The number of aromatic nitrogens is 1. The minimum atomic E-state index is -0.256. The third-order valence-corrected chi connectivity index (χ3v) is 6.24. The van der Waals surface area contributed by atoms with Crippen molar-refractivity contribution in [3.63, 3.8) is 0 Å². The highest BCUT2D eigenvalue weighted by Crippen LogP contribution is 2.58. The van der Waals surface area contributed by atoms with E-state index in [2.05, 4.69) is 29.3 Å². The SMILES string of the molecule is COc1cc(C#N)ccc1C1c2[nH]c3ccccc3c2C2(CC2)CN1C(C)=O. The first kappa shape index (κ1) is 16.9. The van der Waals surface area contributed by atoms with E-state index in [1.165, 1.54) is 10.9 Å². The van der Waals surface area contributed by atoms with Crippen molar-refractivity contribution >= 4 is 16.8 Å². The average Bonchev–Trinajstić information content (AvgIpc) is 3.36. The van der Waals surface area contributed by atoms with Crippen molar-refractivity contribution in [1.29, 1.82) is 5.26 Å². The van der Waals surface area contributed by atoms with Crippen LogP contribution in [0.15, 0.2) is 42.5 Å². The van der Waals surface area contributed by atoms with Gasteiger partial charge in [-0.2, -0.15) is 5.26 Å². The van der Waals surface area contributed by atoms with Gasteiger partial charge in [0.25, 0.3) is 0 Å². The van der Waals surface area contributed by atoms with Gasteiger partial charge in [-0.25, -0.2) is 0 Å². The molecule has 1 aliphatic heterocycles. The number of nitrogens with one attached hydrogen (secondary N) is 1. The number of methoxy groups -OCH3 is 1. The zero-order valence-electron chi connectivity index (χ0n) is 16.0. The quantitative estimate of drug-likeness (QED) is 0.739. The molecule has 2 aromatic carbocycles. The van der Waals surface area contributed by atoms with E-state index < -0.39 is 0 Å². The zero-order chi connectivity index (χ0) is 19.5. The van der Waals surface area contributed by atoms with Gasteiger partial charge in [-0.1, -0.05) is 24.3 Å².